The predicted octanol–water partition coefficient (Wildman–Crippen LogP) is 4.02. The van der Waals surface area contributed by atoms with Crippen LogP contribution in [0.2, 0.25) is 12.1 Å². The molecule has 2 atom stereocenters. The van der Waals surface area contributed by atoms with Crippen molar-refractivity contribution >= 4 is 8.07 Å². The van der Waals surface area contributed by atoms with Crippen molar-refractivity contribution in [2.75, 3.05) is 0 Å². The van der Waals surface area contributed by atoms with Crippen LogP contribution in [0.15, 0.2) is 60.7 Å². The molecule has 2 rings (SSSR count). The van der Waals surface area contributed by atoms with Crippen LogP contribution in [0.25, 0.3) is 0 Å². The lowest BCUT2D eigenvalue weighted by atomic mass is 10.2. The van der Waals surface area contributed by atoms with Crippen LogP contribution in [0.1, 0.15) is 36.4 Å². The Hall–Kier alpha value is -1.42. The van der Waals surface area contributed by atoms with E-state index in [-0.39, 0.29) is 0 Å². The molecule has 0 aliphatic carbocycles. The zero-order valence-electron chi connectivity index (χ0n) is 12.7. The number of hydrogen-bond acceptors (Lipinski definition) is 2. The molecule has 0 spiro atoms. The van der Waals surface area contributed by atoms with E-state index in [1.165, 1.54) is 0 Å². The van der Waals surface area contributed by atoms with Crippen LogP contribution in [-0.2, 0) is 0 Å². The van der Waals surface area contributed by atoms with Crippen molar-refractivity contribution < 1.29 is 10.2 Å². The highest BCUT2D eigenvalue weighted by atomic mass is 28.3. The highest BCUT2D eigenvalue weighted by Crippen LogP contribution is 2.40. The van der Waals surface area contributed by atoms with E-state index >= 15 is 0 Å². The molecule has 0 saturated heterocycles. The minimum atomic E-state index is -2.32. The van der Waals surface area contributed by atoms with Crippen molar-refractivity contribution in [3.8, 4) is 0 Å². The van der Waals surface area contributed by atoms with Crippen molar-refractivity contribution in [2.45, 2.75) is 37.4 Å². The molecule has 0 aliphatic heterocycles. The fourth-order valence-electron chi connectivity index (χ4n) is 3.11. The second-order valence-electron chi connectivity index (χ2n) is 5.57. The Morgan fingerprint density at radius 2 is 1.05 bits per heavy atom. The first-order valence-electron chi connectivity index (χ1n) is 7.61. The van der Waals surface area contributed by atoms with Gasteiger partial charge in [-0.3, -0.25) is 0 Å². The first-order valence-corrected chi connectivity index (χ1v) is 10.2. The molecule has 0 saturated carbocycles. The van der Waals surface area contributed by atoms with E-state index in [0.29, 0.717) is 0 Å². The summed E-state index contributed by atoms with van der Waals surface area (Å²) in [7, 11) is -2.32. The fourth-order valence-corrected chi connectivity index (χ4v) is 7.17. The summed E-state index contributed by atoms with van der Waals surface area (Å²) in [6, 6.07) is 21.2. The molecule has 2 aromatic rings. The number of aliphatic hydroxyl groups is 2. The quantitative estimate of drug-likeness (QED) is 0.791. The van der Waals surface area contributed by atoms with Gasteiger partial charge in [0.2, 0.25) is 0 Å². The summed E-state index contributed by atoms with van der Waals surface area (Å²) in [6.07, 6.45) is 0. The number of rotatable bonds is 6. The Kier molecular flexibility index (Phi) is 5.34. The molecule has 0 bridgehead atoms. The third kappa shape index (κ3) is 3.10. The smallest absolute Gasteiger partial charge is 0.130 e. The van der Waals surface area contributed by atoms with Gasteiger partial charge < -0.3 is 10.2 Å². The van der Waals surface area contributed by atoms with Gasteiger partial charge in [-0.15, -0.1) is 0 Å². The fraction of sp³-hybridized carbons (Fsp3) is 0.333. The zero-order valence-corrected chi connectivity index (χ0v) is 13.7. The molecular formula is C18H24O2Si. The number of hydrogen-bond donors (Lipinski definition) is 2. The predicted molar refractivity (Wildman–Crippen MR) is 89.5 cm³/mol. The molecule has 0 heterocycles. The first kappa shape index (κ1) is 16.0. The number of aliphatic hydroxyl groups excluding tert-OH is 2. The summed E-state index contributed by atoms with van der Waals surface area (Å²) >= 11 is 0. The third-order valence-electron chi connectivity index (χ3n) is 4.64. The average Bonchev–Trinajstić information content (AvgIpc) is 2.57. The zero-order chi connectivity index (χ0) is 15.3. The Labute approximate surface area is 128 Å². The van der Waals surface area contributed by atoms with E-state index in [0.717, 1.165) is 23.2 Å². The van der Waals surface area contributed by atoms with Crippen molar-refractivity contribution in [1.82, 2.24) is 0 Å². The molecule has 0 amide bonds. The Bertz CT molecular complexity index is 490. The summed E-state index contributed by atoms with van der Waals surface area (Å²) in [5.74, 6) is 0. The van der Waals surface area contributed by atoms with Gasteiger partial charge in [-0.2, -0.15) is 0 Å². The van der Waals surface area contributed by atoms with Crippen LogP contribution >= 0.6 is 0 Å². The molecule has 2 unspecified atom stereocenters. The van der Waals surface area contributed by atoms with Crippen LogP contribution < -0.4 is 0 Å². The second-order valence-corrected chi connectivity index (χ2v) is 10.5. The van der Waals surface area contributed by atoms with E-state index < -0.39 is 19.5 Å². The Balaban J connectivity index is 2.40. The minimum Gasteiger partial charge on any atom is -0.392 e. The van der Waals surface area contributed by atoms with Gasteiger partial charge in [0, 0.05) is 0 Å². The molecular weight excluding hydrogens is 276 g/mol. The van der Waals surface area contributed by atoms with Crippen LogP contribution in [0, 0.1) is 0 Å². The average molecular weight is 300 g/mol. The van der Waals surface area contributed by atoms with Gasteiger partial charge >= 0.3 is 0 Å². The maximum atomic E-state index is 11.0. The number of benzene rings is 2. The molecule has 2 nitrogen and oxygen atoms in total. The van der Waals surface area contributed by atoms with E-state index in [2.05, 4.69) is 13.8 Å². The molecule has 2 aromatic carbocycles. The Morgan fingerprint density at radius 1 is 0.714 bits per heavy atom. The van der Waals surface area contributed by atoms with Gasteiger partial charge in [0.25, 0.3) is 0 Å². The molecule has 0 aliphatic rings. The molecule has 0 aromatic heterocycles. The van der Waals surface area contributed by atoms with E-state index in [4.69, 9.17) is 0 Å². The van der Waals surface area contributed by atoms with Crippen LogP contribution in [0.3, 0.4) is 0 Å². The summed E-state index contributed by atoms with van der Waals surface area (Å²) in [5.41, 5.74) is 0.735. The van der Waals surface area contributed by atoms with Crippen LogP contribution in [-0.4, -0.2) is 18.3 Å². The van der Waals surface area contributed by atoms with Crippen LogP contribution in [0.5, 0.6) is 0 Å². The lowest BCUT2D eigenvalue weighted by Gasteiger charge is -2.39. The van der Waals surface area contributed by atoms with Gasteiger partial charge in [-0.1, -0.05) is 86.6 Å². The van der Waals surface area contributed by atoms with Gasteiger partial charge in [-0.05, 0) is 11.1 Å². The molecule has 0 fully saturated rings. The van der Waals surface area contributed by atoms with E-state index in [1.807, 2.05) is 60.7 Å². The molecule has 3 heteroatoms. The summed E-state index contributed by atoms with van der Waals surface area (Å²) in [5, 5.41) is 21.9. The highest BCUT2D eigenvalue weighted by Gasteiger charge is 2.45. The standard InChI is InChI=1S/C18H24O2Si/c1-3-21(4-2,17(19)15-11-7-5-8-12-15)18(20)16-13-9-6-10-14-16/h5-14,17-20H,3-4H2,1-2H3. The van der Waals surface area contributed by atoms with Crippen molar-refractivity contribution in [2.24, 2.45) is 0 Å². The largest absolute Gasteiger partial charge is 0.392 e. The normalized spacial score (nSPS) is 14.7. The SMILES string of the molecule is CC[Si](CC)(C(O)c1ccccc1)C(O)c1ccccc1. The lowest BCUT2D eigenvalue weighted by Crippen LogP contribution is -2.47. The molecule has 21 heavy (non-hydrogen) atoms. The maximum Gasteiger partial charge on any atom is 0.130 e. The van der Waals surface area contributed by atoms with Crippen LogP contribution in [0.4, 0.5) is 0 Å². The summed E-state index contributed by atoms with van der Waals surface area (Å²) < 4.78 is 0. The van der Waals surface area contributed by atoms with Gasteiger partial charge in [-0.25, -0.2) is 0 Å². The van der Waals surface area contributed by atoms with Gasteiger partial charge in [0.15, 0.2) is 0 Å². The third-order valence-corrected chi connectivity index (χ3v) is 10.1. The Morgan fingerprint density at radius 3 is 1.33 bits per heavy atom. The lowest BCUT2D eigenvalue weighted by molar-refractivity contribution is 0.199. The van der Waals surface area contributed by atoms with Crippen molar-refractivity contribution in [3.05, 3.63) is 71.8 Å². The van der Waals surface area contributed by atoms with E-state index in [1.54, 1.807) is 0 Å². The summed E-state index contributed by atoms with van der Waals surface area (Å²) in [4.78, 5) is 0. The second kappa shape index (κ2) is 7.03. The molecule has 2 N–H and O–H groups in total. The molecule has 0 radical (unpaired) electrons. The van der Waals surface area contributed by atoms with Crippen molar-refractivity contribution in [1.29, 1.82) is 0 Å². The van der Waals surface area contributed by atoms with Gasteiger partial charge in [0.05, 0.1) is 11.5 Å². The maximum absolute atomic E-state index is 11.0. The van der Waals surface area contributed by atoms with Crippen molar-refractivity contribution in [3.63, 3.8) is 0 Å². The van der Waals surface area contributed by atoms with Gasteiger partial charge in [0.1, 0.15) is 8.07 Å². The minimum absolute atomic E-state index is 0.552. The topological polar surface area (TPSA) is 40.5 Å². The van der Waals surface area contributed by atoms with E-state index in [9.17, 15) is 10.2 Å². The first-order chi connectivity index (χ1) is 10.2. The summed E-state index contributed by atoms with van der Waals surface area (Å²) in [6.45, 7) is 4.18. The monoisotopic (exact) mass is 300 g/mol. The highest BCUT2D eigenvalue weighted by molar-refractivity contribution is 6.81. The molecule has 112 valence electrons.